The average Bonchev–Trinajstić information content (AvgIpc) is 2.29. The SMILES string of the molecule is C[N+](C)(C)CCO.NC(=O)C(F)(F)c1ccccc1.[Cl-]. The van der Waals surface area contributed by atoms with E-state index in [1.165, 1.54) is 12.1 Å². The van der Waals surface area contributed by atoms with Crippen molar-refractivity contribution in [1.82, 2.24) is 0 Å². The molecule has 0 fully saturated rings. The van der Waals surface area contributed by atoms with Crippen molar-refractivity contribution in [3.8, 4) is 0 Å². The van der Waals surface area contributed by atoms with Gasteiger partial charge in [0.1, 0.15) is 6.54 Å². The minimum Gasteiger partial charge on any atom is -1.00 e. The van der Waals surface area contributed by atoms with Gasteiger partial charge in [0.2, 0.25) is 0 Å². The lowest BCUT2D eigenvalue weighted by Crippen LogP contribution is -3.00. The molecule has 0 aliphatic heterocycles. The number of hydrogen-bond donors (Lipinski definition) is 2. The van der Waals surface area contributed by atoms with Crippen molar-refractivity contribution < 1.29 is 35.6 Å². The minimum absolute atomic E-state index is 0. The van der Waals surface area contributed by atoms with E-state index in [2.05, 4.69) is 26.9 Å². The Morgan fingerprint density at radius 2 is 1.70 bits per heavy atom. The molecule has 0 saturated heterocycles. The van der Waals surface area contributed by atoms with Crippen molar-refractivity contribution in [2.24, 2.45) is 5.73 Å². The highest BCUT2D eigenvalue weighted by molar-refractivity contribution is 5.82. The Hall–Kier alpha value is -1.24. The van der Waals surface area contributed by atoms with Crippen LogP contribution in [-0.2, 0) is 10.7 Å². The van der Waals surface area contributed by atoms with E-state index >= 15 is 0 Å². The standard InChI is InChI=1S/C8H7F2NO.C5H14NO.ClH/c9-8(10,7(11)12)6-4-2-1-3-5-6;1-6(2,3)4-5-7;/h1-5H,(H2,11,12);7H,4-5H2,1-3H3;1H/q;+1;/p-1. The third-order valence-electron chi connectivity index (χ3n) is 2.22. The predicted molar refractivity (Wildman–Crippen MR) is 69.5 cm³/mol. The van der Waals surface area contributed by atoms with Gasteiger partial charge < -0.3 is 27.7 Å². The van der Waals surface area contributed by atoms with E-state index in [1.54, 1.807) is 6.07 Å². The first-order valence-electron chi connectivity index (χ1n) is 5.76. The van der Waals surface area contributed by atoms with Crippen LogP contribution in [0.15, 0.2) is 30.3 Å². The van der Waals surface area contributed by atoms with Crippen LogP contribution in [-0.4, -0.2) is 49.8 Å². The summed E-state index contributed by atoms with van der Waals surface area (Å²) in [5.74, 6) is -5.20. The van der Waals surface area contributed by atoms with Crippen molar-refractivity contribution in [3.63, 3.8) is 0 Å². The van der Waals surface area contributed by atoms with E-state index < -0.39 is 11.8 Å². The third-order valence-corrected chi connectivity index (χ3v) is 2.22. The van der Waals surface area contributed by atoms with Crippen molar-refractivity contribution in [2.45, 2.75) is 5.92 Å². The molecule has 0 aliphatic rings. The largest absolute Gasteiger partial charge is 1.00 e. The predicted octanol–water partition coefficient (Wildman–Crippen LogP) is -2.05. The van der Waals surface area contributed by atoms with Crippen LogP contribution in [0.3, 0.4) is 0 Å². The van der Waals surface area contributed by atoms with Gasteiger partial charge in [0.25, 0.3) is 5.91 Å². The first-order valence-corrected chi connectivity index (χ1v) is 5.76. The highest BCUT2D eigenvalue weighted by atomic mass is 35.5. The minimum atomic E-state index is -3.57. The molecule has 20 heavy (non-hydrogen) atoms. The lowest BCUT2D eigenvalue weighted by molar-refractivity contribution is -0.870. The molecule has 0 radical (unpaired) electrons. The molecule has 1 aromatic rings. The van der Waals surface area contributed by atoms with Crippen LogP contribution >= 0.6 is 0 Å². The van der Waals surface area contributed by atoms with Crippen molar-refractivity contribution in [1.29, 1.82) is 0 Å². The highest BCUT2D eigenvalue weighted by Crippen LogP contribution is 2.26. The summed E-state index contributed by atoms with van der Waals surface area (Å²) in [6.07, 6.45) is 0. The third kappa shape index (κ3) is 8.04. The van der Waals surface area contributed by atoms with Gasteiger partial charge in [-0.1, -0.05) is 30.3 Å². The van der Waals surface area contributed by atoms with Crippen molar-refractivity contribution in [3.05, 3.63) is 35.9 Å². The zero-order valence-electron chi connectivity index (χ0n) is 11.8. The highest BCUT2D eigenvalue weighted by Gasteiger charge is 2.38. The van der Waals surface area contributed by atoms with Gasteiger partial charge in [-0.05, 0) is 0 Å². The molecule has 0 aliphatic carbocycles. The quantitative estimate of drug-likeness (QED) is 0.629. The molecule has 0 saturated carbocycles. The lowest BCUT2D eigenvalue weighted by Gasteiger charge is -2.21. The summed E-state index contributed by atoms with van der Waals surface area (Å²) < 4.78 is 26.5. The van der Waals surface area contributed by atoms with Gasteiger partial charge in [0.15, 0.2) is 0 Å². The molecular weight excluding hydrogens is 290 g/mol. The summed E-state index contributed by atoms with van der Waals surface area (Å²) >= 11 is 0. The van der Waals surface area contributed by atoms with Crippen LogP contribution < -0.4 is 18.1 Å². The molecule has 3 N–H and O–H groups in total. The van der Waals surface area contributed by atoms with E-state index in [4.69, 9.17) is 5.11 Å². The van der Waals surface area contributed by atoms with Gasteiger partial charge in [-0.3, -0.25) is 4.79 Å². The summed E-state index contributed by atoms with van der Waals surface area (Å²) in [7, 11) is 6.16. The number of nitrogens with zero attached hydrogens (tertiary/aromatic N) is 1. The Morgan fingerprint density at radius 1 is 1.25 bits per heavy atom. The number of alkyl halides is 2. The lowest BCUT2D eigenvalue weighted by atomic mass is 10.1. The Morgan fingerprint density at radius 3 is 1.95 bits per heavy atom. The second-order valence-corrected chi connectivity index (χ2v) is 5.04. The first-order chi connectivity index (χ1) is 8.61. The zero-order chi connectivity index (χ0) is 15.1. The van der Waals surface area contributed by atoms with Gasteiger partial charge in [0, 0.05) is 5.56 Å². The van der Waals surface area contributed by atoms with E-state index in [9.17, 15) is 13.6 Å². The normalized spacial score (nSPS) is 10.9. The molecule has 7 heteroatoms. The van der Waals surface area contributed by atoms with Crippen LogP contribution in [0.2, 0.25) is 0 Å². The van der Waals surface area contributed by atoms with Crippen LogP contribution in [0.4, 0.5) is 8.78 Å². The summed E-state index contributed by atoms with van der Waals surface area (Å²) in [5.41, 5.74) is 4.14. The second kappa shape index (κ2) is 8.84. The van der Waals surface area contributed by atoms with Gasteiger partial charge in [0.05, 0.1) is 27.7 Å². The summed E-state index contributed by atoms with van der Waals surface area (Å²) in [6, 6.07) is 6.74. The fraction of sp³-hybridized carbons (Fsp3) is 0.462. The Balaban J connectivity index is 0. The van der Waals surface area contributed by atoms with E-state index in [0.717, 1.165) is 23.2 Å². The van der Waals surface area contributed by atoms with Crippen LogP contribution in [0, 0.1) is 0 Å². The first kappa shape index (κ1) is 21.1. The Kier molecular flexibility index (Phi) is 9.31. The fourth-order valence-corrected chi connectivity index (χ4v) is 1.09. The van der Waals surface area contributed by atoms with E-state index in [1.807, 2.05) is 0 Å². The number of aliphatic hydroxyl groups excluding tert-OH is 1. The monoisotopic (exact) mass is 310 g/mol. The number of halogens is 3. The molecule has 1 aromatic carbocycles. The fourth-order valence-electron chi connectivity index (χ4n) is 1.09. The number of primary amides is 1. The number of nitrogens with two attached hydrogens (primary N) is 1. The maximum absolute atomic E-state index is 12.8. The molecule has 0 bridgehead atoms. The van der Waals surface area contributed by atoms with Crippen LogP contribution in [0.5, 0.6) is 0 Å². The maximum atomic E-state index is 12.8. The maximum Gasteiger partial charge on any atom is 0.349 e. The number of rotatable bonds is 4. The number of aliphatic hydroxyl groups is 1. The molecule has 4 nitrogen and oxygen atoms in total. The van der Waals surface area contributed by atoms with Crippen molar-refractivity contribution >= 4 is 5.91 Å². The summed E-state index contributed by atoms with van der Waals surface area (Å²) in [5, 5.41) is 8.39. The molecule has 0 spiro atoms. The van der Waals surface area contributed by atoms with E-state index in [-0.39, 0.29) is 24.6 Å². The molecule has 0 atom stereocenters. The van der Waals surface area contributed by atoms with Crippen molar-refractivity contribution in [2.75, 3.05) is 34.3 Å². The number of carbonyl (C=O) groups excluding carboxylic acids is 1. The van der Waals surface area contributed by atoms with E-state index in [0.29, 0.717) is 0 Å². The number of hydrogen-bond acceptors (Lipinski definition) is 2. The number of quaternary nitrogens is 1. The number of carbonyl (C=O) groups is 1. The topological polar surface area (TPSA) is 63.3 Å². The van der Waals surface area contributed by atoms with Crippen LogP contribution in [0.1, 0.15) is 5.56 Å². The average molecular weight is 311 g/mol. The molecular formula is C13H21ClF2N2O2. The Bertz CT molecular complexity index is 395. The van der Waals surface area contributed by atoms with Gasteiger partial charge in [-0.15, -0.1) is 0 Å². The molecule has 0 heterocycles. The smallest absolute Gasteiger partial charge is 0.349 e. The molecule has 0 unspecified atom stereocenters. The molecule has 1 amide bonds. The number of benzene rings is 1. The van der Waals surface area contributed by atoms with Gasteiger partial charge >= 0.3 is 5.92 Å². The second-order valence-electron chi connectivity index (χ2n) is 5.04. The Labute approximate surface area is 124 Å². The van der Waals surface area contributed by atoms with Crippen LogP contribution in [0.25, 0.3) is 0 Å². The number of amides is 1. The molecule has 116 valence electrons. The van der Waals surface area contributed by atoms with Gasteiger partial charge in [-0.2, -0.15) is 8.78 Å². The molecule has 0 aromatic heterocycles. The summed E-state index contributed by atoms with van der Waals surface area (Å²) in [6.45, 7) is 1.11. The zero-order valence-corrected chi connectivity index (χ0v) is 12.6. The summed E-state index contributed by atoms with van der Waals surface area (Å²) in [4.78, 5) is 10.3. The molecule has 1 rings (SSSR count). The van der Waals surface area contributed by atoms with Gasteiger partial charge in [-0.25, -0.2) is 0 Å². The number of likely N-dealkylation sites (N-methyl/N-ethyl adjacent to an activating group) is 1.